The van der Waals surface area contributed by atoms with E-state index in [0.717, 1.165) is 17.4 Å². The summed E-state index contributed by atoms with van der Waals surface area (Å²) in [6.45, 7) is 0.0994. The van der Waals surface area contributed by atoms with Crippen LogP contribution in [-0.2, 0) is 21.2 Å². The van der Waals surface area contributed by atoms with E-state index >= 15 is 0 Å². The Kier molecular flexibility index (Phi) is 5.93. The maximum absolute atomic E-state index is 12.1. The lowest BCUT2D eigenvalue weighted by molar-refractivity contribution is -0.117. The summed E-state index contributed by atoms with van der Waals surface area (Å²) in [4.78, 5) is 23.4. The fourth-order valence-corrected chi connectivity index (χ4v) is 3.35. The molecule has 2 rings (SSSR count). The second kappa shape index (κ2) is 7.94. The lowest BCUT2D eigenvalue weighted by Crippen LogP contribution is -2.37. The van der Waals surface area contributed by atoms with Gasteiger partial charge >= 0.3 is 0 Å². The van der Waals surface area contributed by atoms with Gasteiger partial charge in [-0.05, 0) is 23.6 Å². The molecule has 1 atom stereocenters. The summed E-state index contributed by atoms with van der Waals surface area (Å²) in [5.74, 6) is -0.905. The van der Waals surface area contributed by atoms with Crippen LogP contribution in [0.25, 0.3) is 12.2 Å². The third-order valence-electron chi connectivity index (χ3n) is 3.75. The number of amides is 1. The van der Waals surface area contributed by atoms with Gasteiger partial charge in [0.1, 0.15) is 5.25 Å². The SMILES string of the molecule is CS(=O)(=O)C(CCn1ccc(C=Cc2ccccc2)cc1=O)C(N)=O. The van der Waals surface area contributed by atoms with Crippen molar-refractivity contribution < 1.29 is 13.2 Å². The molecule has 0 aliphatic heterocycles. The van der Waals surface area contributed by atoms with E-state index in [2.05, 4.69) is 0 Å². The first-order valence-electron chi connectivity index (χ1n) is 7.69. The number of aryl methyl sites for hydroxylation is 1. The number of pyridine rings is 1. The number of nitrogens with two attached hydrogens (primary N) is 1. The van der Waals surface area contributed by atoms with E-state index in [4.69, 9.17) is 5.73 Å². The molecular weight excluding hydrogens is 340 g/mol. The number of nitrogens with zero attached hydrogens (tertiary/aromatic N) is 1. The standard InChI is InChI=1S/C18H20N2O4S/c1-25(23,24)16(18(19)22)10-12-20-11-9-15(13-17(20)21)8-7-14-5-3-2-4-6-14/h2-9,11,13,16H,10,12H2,1H3,(H2,19,22). The van der Waals surface area contributed by atoms with Gasteiger partial charge in [0.05, 0.1) is 0 Å². The average Bonchev–Trinajstić information content (AvgIpc) is 2.54. The lowest BCUT2D eigenvalue weighted by Gasteiger charge is -2.12. The first-order valence-corrected chi connectivity index (χ1v) is 9.64. The van der Waals surface area contributed by atoms with E-state index in [9.17, 15) is 18.0 Å². The van der Waals surface area contributed by atoms with Crippen molar-refractivity contribution in [3.63, 3.8) is 0 Å². The van der Waals surface area contributed by atoms with Crippen molar-refractivity contribution in [3.8, 4) is 0 Å². The molecule has 1 aromatic carbocycles. The highest BCUT2D eigenvalue weighted by atomic mass is 32.2. The molecule has 2 aromatic rings. The molecule has 0 radical (unpaired) electrons. The van der Waals surface area contributed by atoms with Gasteiger partial charge in [0.25, 0.3) is 5.56 Å². The van der Waals surface area contributed by atoms with Crippen molar-refractivity contribution in [3.05, 3.63) is 70.1 Å². The van der Waals surface area contributed by atoms with Gasteiger partial charge in [0, 0.05) is 25.1 Å². The van der Waals surface area contributed by atoms with Crippen molar-refractivity contribution in [2.75, 3.05) is 6.26 Å². The molecule has 1 unspecified atom stereocenters. The van der Waals surface area contributed by atoms with E-state index in [-0.39, 0.29) is 18.5 Å². The van der Waals surface area contributed by atoms with Crippen molar-refractivity contribution >= 4 is 27.9 Å². The molecule has 0 bridgehead atoms. The first kappa shape index (κ1) is 18.7. The summed E-state index contributed by atoms with van der Waals surface area (Å²) in [6.07, 6.45) is 6.22. The van der Waals surface area contributed by atoms with Gasteiger partial charge in [-0.1, -0.05) is 42.5 Å². The predicted octanol–water partition coefficient (Wildman–Crippen LogP) is 1.31. The monoisotopic (exact) mass is 360 g/mol. The first-order chi connectivity index (χ1) is 11.8. The Morgan fingerprint density at radius 3 is 2.36 bits per heavy atom. The molecule has 7 heteroatoms. The fraction of sp³-hybridized carbons (Fsp3) is 0.222. The van der Waals surface area contributed by atoms with Crippen LogP contribution in [-0.4, -0.2) is 30.4 Å². The van der Waals surface area contributed by atoms with Crippen molar-refractivity contribution in [1.82, 2.24) is 4.57 Å². The maximum atomic E-state index is 12.1. The van der Waals surface area contributed by atoms with Crippen LogP contribution in [0.1, 0.15) is 17.5 Å². The third-order valence-corrected chi connectivity index (χ3v) is 5.26. The van der Waals surface area contributed by atoms with Crippen LogP contribution in [0.15, 0.2) is 53.5 Å². The van der Waals surface area contributed by atoms with Crippen LogP contribution in [0, 0.1) is 0 Å². The predicted molar refractivity (Wildman–Crippen MR) is 98.5 cm³/mol. The van der Waals surface area contributed by atoms with Gasteiger partial charge in [-0.3, -0.25) is 9.59 Å². The molecule has 1 amide bonds. The molecule has 0 saturated carbocycles. The van der Waals surface area contributed by atoms with E-state index in [0.29, 0.717) is 0 Å². The van der Waals surface area contributed by atoms with Gasteiger partial charge in [-0.2, -0.15) is 0 Å². The van der Waals surface area contributed by atoms with Crippen molar-refractivity contribution in [2.45, 2.75) is 18.2 Å². The Bertz CT molecular complexity index is 931. The molecule has 6 nitrogen and oxygen atoms in total. The molecule has 0 spiro atoms. The summed E-state index contributed by atoms with van der Waals surface area (Å²) in [5, 5.41) is -1.29. The second-order valence-corrected chi connectivity index (χ2v) is 7.97. The quantitative estimate of drug-likeness (QED) is 0.804. The van der Waals surface area contributed by atoms with Gasteiger partial charge in [-0.25, -0.2) is 8.42 Å². The van der Waals surface area contributed by atoms with E-state index in [1.54, 1.807) is 12.3 Å². The molecule has 25 heavy (non-hydrogen) atoms. The Balaban J connectivity index is 2.11. The number of sulfone groups is 1. The Morgan fingerprint density at radius 2 is 1.80 bits per heavy atom. The Hall–Kier alpha value is -2.67. The van der Waals surface area contributed by atoms with Crippen LogP contribution in [0.5, 0.6) is 0 Å². The molecule has 0 fully saturated rings. The topological polar surface area (TPSA) is 99.2 Å². The lowest BCUT2D eigenvalue weighted by atomic mass is 10.1. The van der Waals surface area contributed by atoms with Gasteiger partial charge < -0.3 is 10.3 Å². The van der Waals surface area contributed by atoms with Crippen LogP contribution in [0.4, 0.5) is 0 Å². The van der Waals surface area contributed by atoms with E-state index in [1.807, 2.05) is 42.5 Å². The molecule has 132 valence electrons. The van der Waals surface area contributed by atoms with Crippen LogP contribution in [0.3, 0.4) is 0 Å². The second-order valence-electron chi connectivity index (χ2n) is 5.74. The number of rotatable bonds is 7. The van der Waals surface area contributed by atoms with Crippen LogP contribution < -0.4 is 11.3 Å². The number of aromatic nitrogens is 1. The highest BCUT2D eigenvalue weighted by Gasteiger charge is 2.26. The van der Waals surface area contributed by atoms with E-state index < -0.39 is 21.0 Å². The smallest absolute Gasteiger partial charge is 0.251 e. The zero-order chi connectivity index (χ0) is 18.4. The van der Waals surface area contributed by atoms with Crippen molar-refractivity contribution in [2.24, 2.45) is 5.73 Å². The summed E-state index contributed by atoms with van der Waals surface area (Å²) in [7, 11) is -3.60. The molecule has 0 saturated heterocycles. The minimum absolute atomic E-state index is 0.0344. The summed E-state index contributed by atoms with van der Waals surface area (Å²) in [6, 6.07) is 12.9. The summed E-state index contributed by atoms with van der Waals surface area (Å²) >= 11 is 0. The molecule has 0 aliphatic carbocycles. The minimum atomic E-state index is -3.60. The molecule has 0 aliphatic rings. The summed E-state index contributed by atoms with van der Waals surface area (Å²) < 4.78 is 24.5. The minimum Gasteiger partial charge on any atom is -0.369 e. The van der Waals surface area contributed by atoms with E-state index in [1.165, 1.54) is 10.6 Å². The highest BCUT2D eigenvalue weighted by molar-refractivity contribution is 7.92. The normalized spacial score (nSPS) is 13.0. The van der Waals surface area contributed by atoms with Gasteiger partial charge in [-0.15, -0.1) is 0 Å². The number of hydrogen-bond acceptors (Lipinski definition) is 4. The number of benzene rings is 1. The van der Waals surface area contributed by atoms with Crippen LogP contribution in [0.2, 0.25) is 0 Å². The summed E-state index contributed by atoms with van der Waals surface area (Å²) in [5.41, 5.74) is 6.61. The zero-order valence-electron chi connectivity index (χ0n) is 13.8. The number of primary amides is 1. The Labute approximate surface area is 146 Å². The molecule has 1 heterocycles. The zero-order valence-corrected chi connectivity index (χ0v) is 14.6. The largest absolute Gasteiger partial charge is 0.369 e. The maximum Gasteiger partial charge on any atom is 0.251 e. The Morgan fingerprint density at radius 1 is 1.16 bits per heavy atom. The number of hydrogen-bond donors (Lipinski definition) is 1. The molecular formula is C18H20N2O4S. The molecule has 2 N–H and O–H groups in total. The number of carbonyl (C=O) groups is 1. The van der Waals surface area contributed by atoms with Crippen LogP contribution >= 0.6 is 0 Å². The highest BCUT2D eigenvalue weighted by Crippen LogP contribution is 2.08. The fourth-order valence-electron chi connectivity index (χ4n) is 2.39. The third kappa shape index (κ3) is 5.42. The molecule has 1 aromatic heterocycles. The average molecular weight is 360 g/mol. The van der Waals surface area contributed by atoms with Gasteiger partial charge in [0.15, 0.2) is 9.84 Å². The van der Waals surface area contributed by atoms with Crippen molar-refractivity contribution in [1.29, 1.82) is 0 Å². The number of carbonyl (C=O) groups excluding carboxylic acids is 1. The van der Waals surface area contributed by atoms with Gasteiger partial charge in [0.2, 0.25) is 5.91 Å².